The van der Waals surface area contributed by atoms with Crippen molar-refractivity contribution in [1.82, 2.24) is 0 Å². The van der Waals surface area contributed by atoms with Crippen molar-refractivity contribution in [3.63, 3.8) is 0 Å². The summed E-state index contributed by atoms with van der Waals surface area (Å²) in [5.74, 6) is 0.336. The van der Waals surface area contributed by atoms with Gasteiger partial charge in [-0.1, -0.05) is 60.1 Å². The summed E-state index contributed by atoms with van der Waals surface area (Å²) >= 11 is 0. The summed E-state index contributed by atoms with van der Waals surface area (Å²) < 4.78 is 12.2. The molecule has 5 fully saturated rings. The molecule has 6 aliphatic rings. The van der Waals surface area contributed by atoms with Gasteiger partial charge in [0.1, 0.15) is 24.4 Å². The van der Waals surface area contributed by atoms with E-state index in [0.717, 1.165) is 64.2 Å². The van der Waals surface area contributed by atoms with Crippen LogP contribution in [0, 0.1) is 50.2 Å². The van der Waals surface area contributed by atoms with Crippen LogP contribution in [-0.2, 0) is 14.3 Å². The summed E-state index contributed by atoms with van der Waals surface area (Å²) in [6, 6.07) is 0. The Morgan fingerprint density at radius 1 is 0.886 bits per heavy atom. The van der Waals surface area contributed by atoms with Crippen molar-refractivity contribution < 1.29 is 39.8 Å². The Hall–Kier alpha value is -1.03. The first-order valence-corrected chi connectivity index (χ1v) is 17.3. The van der Waals surface area contributed by atoms with Crippen LogP contribution in [0.3, 0.4) is 0 Å². The van der Waals surface area contributed by atoms with Crippen LogP contribution in [0.5, 0.6) is 0 Å². The van der Waals surface area contributed by atoms with Gasteiger partial charge in [-0.3, -0.25) is 4.79 Å². The Morgan fingerprint density at radius 3 is 2.23 bits per heavy atom. The number of allylic oxidation sites excluding steroid dienone is 2. The fraction of sp³-hybridized carbons (Fsp3) is 0.917. The van der Waals surface area contributed by atoms with Crippen LogP contribution in [0.15, 0.2) is 11.6 Å². The highest BCUT2D eigenvalue weighted by Crippen LogP contribution is 2.76. The van der Waals surface area contributed by atoms with E-state index in [4.69, 9.17) is 9.47 Å². The number of carboxylic acids is 1. The fourth-order valence-electron chi connectivity index (χ4n) is 12.2. The van der Waals surface area contributed by atoms with Crippen LogP contribution in [0.1, 0.15) is 113 Å². The molecule has 1 heterocycles. The monoisotopic (exact) mass is 618 g/mol. The fourth-order valence-corrected chi connectivity index (χ4v) is 12.2. The van der Waals surface area contributed by atoms with Crippen molar-refractivity contribution in [2.75, 3.05) is 6.61 Å². The molecule has 13 atom stereocenters. The van der Waals surface area contributed by atoms with Crippen LogP contribution >= 0.6 is 0 Å². The van der Waals surface area contributed by atoms with Gasteiger partial charge in [0.2, 0.25) is 0 Å². The number of hydrogen-bond donors (Lipinski definition) is 5. The van der Waals surface area contributed by atoms with E-state index in [9.17, 15) is 30.3 Å². The minimum atomic E-state index is -1.45. The summed E-state index contributed by atoms with van der Waals surface area (Å²) in [6.45, 7) is 16.2. The molecule has 6 rings (SSSR count). The molecule has 3 unspecified atom stereocenters. The van der Waals surface area contributed by atoms with Crippen molar-refractivity contribution in [1.29, 1.82) is 0 Å². The molecule has 8 nitrogen and oxygen atoms in total. The molecule has 250 valence electrons. The molecule has 0 bridgehead atoms. The molecule has 44 heavy (non-hydrogen) atoms. The number of fused-ring (bicyclic) bond motifs is 7. The van der Waals surface area contributed by atoms with E-state index < -0.39 is 48.7 Å². The number of aliphatic carboxylic acids is 1. The zero-order chi connectivity index (χ0) is 32.3. The van der Waals surface area contributed by atoms with E-state index in [1.165, 1.54) is 5.57 Å². The Labute approximate surface area is 263 Å². The highest BCUT2D eigenvalue weighted by Gasteiger charge is 2.69. The van der Waals surface area contributed by atoms with E-state index in [2.05, 4.69) is 54.5 Å². The van der Waals surface area contributed by atoms with Gasteiger partial charge in [-0.25, -0.2) is 0 Å². The number of rotatable bonds is 4. The van der Waals surface area contributed by atoms with Gasteiger partial charge in [-0.2, -0.15) is 0 Å². The topological polar surface area (TPSA) is 137 Å². The third kappa shape index (κ3) is 4.40. The second-order valence-corrected chi connectivity index (χ2v) is 17.9. The zero-order valence-corrected chi connectivity index (χ0v) is 28.0. The Kier molecular flexibility index (Phi) is 7.84. The molecule has 1 aliphatic heterocycles. The molecular weight excluding hydrogens is 560 g/mol. The van der Waals surface area contributed by atoms with Crippen molar-refractivity contribution in [3.05, 3.63) is 11.6 Å². The van der Waals surface area contributed by atoms with E-state index >= 15 is 0 Å². The Bertz CT molecular complexity index is 1180. The lowest BCUT2D eigenvalue weighted by Crippen LogP contribution is -2.66. The van der Waals surface area contributed by atoms with Crippen LogP contribution in [0.25, 0.3) is 0 Å². The van der Waals surface area contributed by atoms with Crippen LogP contribution in [0.4, 0.5) is 0 Å². The van der Waals surface area contributed by atoms with Crippen LogP contribution in [-0.4, -0.2) is 74.9 Å². The lowest BCUT2D eigenvalue weighted by atomic mass is 9.33. The second-order valence-electron chi connectivity index (χ2n) is 17.9. The summed E-state index contributed by atoms with van der Waals surface area (Å²) in [6.07, 6.45) is 5.19. The third-order valence-corrected chi connectivity index (χ3v) is 15.1. The minimum absolute atomic E-state index is 0.0330. The van der Waals surface area contributed by atoms with Crippen molar-refractivity contribution in [2.24, 2.45) is 50.2 Å². The van der Waals surface area contributed by atoms with Crippen LogP contribution < -0.4 is 0 Å². The van der Waals surface area contributed by atoms with Gasteiger partial charge in [-0.15, -0.1) is 0 Å². The normalized spacial score (nSPS) is 52.9. The largest absolute Gasteiger partial charge is 0.481 e. The molecule has 0 aromatic rings. The number of ether oxygens (including phenoxy) is 2. The summed E-state index contributed by atoms with van der Waals surface area (Å²) in [5, 5.41) is 51.7. The quantitative estimate of drug-likeness (QED) is 0.218. The molecule has 0 aromatic carbocycles. The van der Waals surface area contributed by atoms with Gasteiger partial charge < -0.3 is 35.0 Å². The lowest BCUT2D eigenvalue weighted by Gasteiger charge is -2.71. The van der Waals surface area contributed by atoms with E-state index in [0.29, 0.717) is 11.8 Å². The predicted molar refractivity (Wildman–Crippen MR) is 165 cm³/mol. The average molecular weight is 619 g/mol. The summed E-state index contributed by atoms with van der Waals surface area (Å²) in [4.78, 5) is 12.9. The Morgan fingerprint density at radius 2 is 1.57 bits per heavy atom. The van der Waals surface area contributed by atoms with Crippen molar-refractivity contribution in [3.8, 4) is 0 Å². The molecule has 0 amide bonds. The highest BCUT2D eigenvalue weighted by molar-refractivity contribution is 5.76. The molecular formula is C36H58O8. The molecule has 0 radical (unpaired) electrons. The maximum absolute atomic E-state index is 12.9. The van der Waals surface area contributed by atoms with Gasteiger partial charge in [-0.05, 0) is 109 Å². The number of aliphatic hydroxyl groups is 4. The zero-order valence-electron chi connectivity index (χ0n) is 28.0. The smallest absolute Gasteiger partial charge is 0.310 e. The maximum Gasteiger partial charge on any atom is 0.310 e. The highest BCUT2D eigenvalue weighted by atomic mass is 16.7. The van der Waals surface area contributed by atoms with E-state index in [1.54, 1.807) is 0 Å². The average Bonchev–Trinajstić information content (AvgIpc) is 2.94. The molecule has 1 saturated heterocycles. The molecule has 4 saturated carbocycles. The first-order valence-electron chi connectivity index (χ1n) is 17.3. The van der Waals surface area contributed by atoms with Gasteiger partial charge >= 0.3 is 5.97 Å². The molecule has 0 aromatic heterocycles. The standard InChI is InChI=1S/C36H58O8/c1-31(2)14-16-36(30(41)42)17-15-34(6)20(21(36)18-31)8-9-24-33(5)12-11-25(32(3,4)23(33)10-13-35(24,34)7)44-29-28(40)27(39)26(38)22(19-37)43-29/h8,21-29,37-40H,9-19H2,1-7H3,(H,41,42)/t21?,22-,23?,24?,25+,26-,27+,28-,29+,33+,34-,35-,36+/m1/s1. The number of carbonyl (C=O) groups is 1. The minimum Gasteiger partial charge on any atom is -0.481 e. The number of hydrogen-bond acceptors (Lipinski definition) is 7. The maximum atomic E-state index is 12.9. The summed E-state index contributed by atoms with van der Waals surface area (Å²) in [5.41, 5.74) is 0.809. The number of carboxylic acid groups (broad SMARTS) is 1. The molecule has 5 aliphatic carbocycles. The van der Waals surface area contributed by atoms with Gasteiger partial charge in [0.05, 0.1) is 18.1 Å². The van der Waals surface area contributed by atoms with Crippen LogP contribution in [0.2, 0.25) is 0 Å². The summed E-state index contributed by atoms with van der Waals surface area (Å²) in [7, 11) is 0. The van der Waals surface area contributed by atoms with Gasteiger partial charge in [0.15, 0.2) is 6.29 Å². The predicted octanol–water partition coefficient (Wildman–Crippen LogP) is 5.06. The van der Waals surface area contributed by atoms with Crippen molar-refractivity contribution >= 4 is 5.97 Å². The molecule has 8 heteroatoms. The van der Waals surface area contributed by atoms with E-state index in [-0.39, 0.29) is 39.1 Å². The number of aliphatic hydroxyl groups excluding tert-OH is 4. The van der Waals surface area contributed by atoms with Gasteiger partial charge in [0.25, 0.3) is 0 Å². The first-order chi connectivity index (χ1) is 20.4. The SMILES string of the molecule is CC1(C)CC[C@]2(C(=O)O)CC[C@]3(C)C(=CCC4[C@@]5(C)CC[C@H](O[C@@H]6O[C@H](CO)[C@@H](O)[C@H](O)[C@H]6O)C(C)(C)C5CC[C@]43C)C2C1. The van der Waals surface area contributed by atoms with Crippen molar-refractivity contribution in [2.45, 2.75) is 149 Å². The molecule has 5 N–H and O–H groups in total. The molecule has 0 spiro atoms. The van der Waals surface area contributed by atoms with Gasteiger partial charge in [0, 0.05) is 0 Å². The first kappa shape index (κ1) is 32.9. The lowest BCUT2D eigenvalue weighted by molar-refractivity contribution is -0.330. The Balaban J connectivity index is 1.29. The third-order valence-electron chi connectivity index (χ3n) is 15.1. The van der Waals surface area contributed by atoms with E-state index in [1.807, 2.05) is 0 Å². The second kappa shape index (κ2) is 10.5.